The smallest absolute Gasteiger partial charge is 0.378 e. The Labute approximate surface area is 870 Å². The zero-order valence-corrected chi connectivity index (χ0v) is 89.0. The van der Waals surface area contributed by atoms with Crippen LogP contribution in [0.15, 0.2) is 384 Å². The summed E-state index contributed by atoms with van der Waals surface area (Å²) in [7, 11) is 12.2. The number of anilines is 3. The van der Waals surface area contributed by atoms with E-state index in [4.69, 9.17) is 0 Å². The van der Waals surface area contributed by atoms with Crippen molar-refractivity contribution < 1.29 is 40.2 Å². The van der Waals surface area contributed by atoms with E-state index in [-0.39, 0.29) is 40.2 Å². The Kier molecular flexibility index (Phi) is 34.6. The first kappa shape index (κ1) is 103. The molecule has 15 aromatic carbocycles. The summed E-state index contributed by atoms with van der Waals surface area (Å²) in [6, 6.07) is 126. The van der Waals surface area contributed by atoms with E-state index in [2.05, 4.69) is 373 Å². The van der Waals surface area contributed by atoms with Gasteiger partial charge in [-0.15, -0.1) is 215 Å². The fraction of sp³-hybridized carbons (Fsp3) is 0.143. The average molecular weight is 2230 g/mol. The van der Waals surface area contributed by atoms with E-state index in [0.29, 0.717) is 0 Å². The maximum Gasteiger partial charge on any atom is 3.00 e. The first-order chi connectivity index (χ1) is 68.4. The molecule has 0 N–H and O–H groups in total. The van der Waals surface area contributed by atoms with Gasteiger partial charge >= 0.3 is 40.2 Å². The van der Waals surface area contributed by atoms with Crippen LogP contribution in [-0.4, -0.2) is 99.6 Å². The van der Waals surface area contributed by atoms with Gasteiger partial charge in [-0.1, -0.05) is 54.6 Å². The molecular formula is C126H117Ir2N15. The van der Waals surface area contributed by atoms with Crippen molar-refractivity contribution >= 4 is 17.1 Å². The number of imidazole rings is 6. The van der Waals surface area contributed by atoms with Gasteiger partial charge in [-0.3, -0.25) is 29.9 Å². The fourth-order valence-electron chi connectivity index (χ4n) is 18.4. The molecule has 0 aliphatic rings. The van der Waals surface area contributed by atoms with E-state index in [1.165, 1.54) is 134 Å². The number of rotatable bonds is 18. The fourth-order valence-corrected chi connectivity index (χ4v) is 18.4. The largest absolute Gasteiger partial charge is 3.00 e. The van der Waals surface area contributed by atoms with Gasteiger partial charge in [0.25, 0.3) is 0 Å². The number of hydrogen-bond donors (Lipinski definition) is 0. The van der Waals surface area contributed by atoms with Crippen LogP contribution in [0.5, 0.6) is 0 Å². The van der Waals surface area contributed by atoms with Gasteiger partial charge in [0.05, 0.1) is 34.9 Å². The molecular weight excluding hydrogens is 2110 g/mol. The van der Waals surface area contributed by atoms with E-state index >= 15 is 0 Å². The van der Waals surface area contributed by atoms with Gasteiger partial charge in [0.1, 0.15) is 0 Å². The molecule has 6 aromatic heterocycles. The Balaban J connectivity index is 0.000000136. The average Bonchev–Trinajstić information content (AvgIpc) is 1.74. The Morgan fingerprint density at radius 2 is 0.371 bits per heavy atom. The molecule has 0 aliphatic heterocycles. The van der Waals surface area contributed by atoms with E-state index in [9.17, 15) is 0 Å². The van der Waals surface area contributed by atoms with Crippen molar-refractivity contribution in [1.82, 2.24) is 57.3 Å². The summed E-state index contributed by atoms with van der Waals surface area (Å²) in [5, 5.41) is 0. The summed E-state index contributed by atoms with van der Waals surface area (Å²) < 4.78 is 12.7. The molecule has 21 aromatic rings. The number of aromatic nitrogens is 12. The van der Waals surface area contributed by atoms with E-state index in [1.54, 1.807) is 0 Å². The predicted octanol–water partition coefficient (Wildman–Crippen LogP) is 28.9. The van der Waals surface area contributed by atoms with Crippen LogP contribution in [0.2, 0.25) is 0 Å². The summed E-state index contributed by atoms with van der Waals surface area (Å²) in [5.41, 5.74) is 39.5. The van der Waals surface area contributed by atoms with Crippen molar-refractivity contribution in [3.63, 3.8) is 0 Å². The maximum atomic E-state index is 4.59. The molecule has 0 radical (unpaired) electrons. The third-order valence-corrected chi connectivity index (χ3v) is 25.0. The quantitative estimate of drug-likeness (QED) is 0.0774. The Morgan fingerprint density at radius 3 is 0.538 bits per heavy atom. The van der Waals surface area contributed by atoms with Crippen molar-refractivity contribution in [2.75, 3.05) is 57.0 Å². The minimum atomic E-state index is 0. The van der Waals surface area contributed by atoms with Crippen LogP contribution in [-0.2, 0) is 40.2 Å². The molecule has 6 heterocycles. The predicted molar refractivity (Wildman–Crippen MR) is 583 cm³/mol. The molecule has 0 amide bonds. The minimum Gasteiger partial charge on any atom is -0.378 e. The van der Waals surface area contributed by atoms with Crippen molar-refractivity contribution in [1.29, 1.82) is 0 Å². The van der Waals surface area contributed by atoms with Crippen molar-refractivity contribution in [2.45, 2.75) is 83.1 Å². The molecule has 21 rings (SSSR count). The van der Waals surface area contributed by atoms with Crippen molar-refractivity contribution in [3.05, 3.63) is 487 Å². The molecule has 15 nitrogen and oxygen atoms in total. The van der Waals surface area contributed by atoms with Crippen LogP contribution >= 0.6 is 0 Å². The molecule has 0 aliphatic carbocycles. The standard InChI is InChI=1S/3C25H23N2.3C17H16N3.2Ir/c3*1-17-9-8-10-18(2)23(17)22-15-19(3)24(20(4)16-22)27-14-13-26-25(27)21-11-6-5-7-12-21;3*1-19(2)15-8-10-16(11-9-15)20-13-12-18-17(20)14-6-4-3-5-7-14;;/h3*5-11,13-16H,1-4H3;3*3-6,8-13H,1-2H3;;/q6*-1;2*+3. The van der Waals surface area contributed by atoms with Crippen LogP contribution in [0.4, 0.5) is 17.1 Å². The molecule has 0 saturated heterocycles. The summed E-state index contributed by atoms with van der Waals surface area (Å²) in [6.45, 7) is 26.2. The number of benzene rings is 15. The molecule has 0 fully saturated rings. The molecule has 143 heavy (non-hydrogen) atoms. The number of nitrogens with zero attached hydrogens (tertiary/aromatic N) is 15. The summed E-state index contributed by atoms with van der Waals surface area (Å²) >= 11 is 0. The second kappa shape index (κ2) is 47.9. The number of aryl methyl sites for hydroxylation is 12. The topological polar surface area (TPSA) is 117 Å². The summed E-state index contributed by atoms with van der Waals surface area (Å²) in [5.74, 6) is 5.47. The third kappa shape index (κ3) is 24.1. The van der Waals surface area contributed by atoms with Crippen molar-refractivity contribution in [3.8, 4) is 136 Å². The molecule has 0 atom stereocenters. The van der Waals surface area contributed by atoms with Crippen LogP contribution in [0, 0.1) is 119 Å². The zero-order chi connectivity index (χ0) is 98.7. The zero-order valence-electron chi connectivity index (χ0n) is 84.2. The van der Waals surface area contributed by atoms with Gasteiger partial charge in [0, 0.05) is 168 Å². The minimum absolute atomic E-state index is 0. The monoisotopic (exact) mass is 2230 g/mol. The van der Waals surface area contributed by atoms with Gasteiger partial charge in [-0.25, -0.2) is 0 Å². The molecule has 0 unspecified atom stereocenters. The van der Waals surface area contributed by atoms with Gasteiger partial charge in [0.2, 0.25) is 0 Å². The normalized spacial score (nSPS) is 10.6. The summed E-state index contributed by atoms with van der Waals surface area (Å²) in [4.78, 5) is 33.3. The second-order valence-electron chi connectivity index (χ2n) is 35.8. The van der Waals surface area contributed by atoms with Crippen LogP contribution in [0.25, 0.3) is 136 Å². The maximum absolute atomic E-state index is 4.59. The Bertz CT molecular complexity index is 6870. The van der Waals surface area contributed by atoms with E-state index < -0.39 is 0 Å². The third-order valence-electron chi connectivity index (χ3n) is 25.0. The number of hydrogen-bond acceptors (Lipinski definition) is 9. The van der Waals surface area contributed by atoms with Crippen LogP contribution < -0.4 is 14.7 Å². The van der Waals surface area contributed by atoms with E-state index in [0.717, 1.165) is 85.4 Å². The van der Waals surface area contributed by atoms with Crippen LogP contribution in [0.3, 0.4) is 0 Å². The Hall–Kier alpha value is -15.7. The Morgan fingerprint density at radius 1 is 0.196 bits per heavy atom. The first-order valence-corrected chi connectivity index (χ1v) is 47.4. The van der Waals surface area contributed by atoms with E-state index in [1.807, 2.05) is 244 Å². The van der Waals surface area contributed by atoms with Gasteiger partial charge in [-0.2, -0.15) is 0 Å². The van der Waals surface area contributed by atoms with Gasteiger partial charge < -0.3 is 42.1 Å². The molecule has 0 bridgehead atoms. The SMILES string of the molecule is CN(C)c1ccc(-n2ccnc2-c2[c-]cccc2)cc1.CN(C)c1ccc(-n2ccnc2-c2[c-]cccc2)cc1.CN(C)c1ccc(-n2ccnc2-c2[c-]cccc2)cc1.Cc1cccc(C)c1-c1cc(C)c(-n2ccnc2-c2[c-]cccc2)c(C)c1.Cc1cccc(C)c1-c1cc(C)c(-n2ccnc2-c2[c-]cccc2)c(C)c1.Cc1cccc(C)c1-c1cc(C)c(-n2ccnc2-c2[c-]cccc2)c(C)c1.[Ir+3].[Ir+3]. The second-order valence-corrected chi connectivity index (χ2v) is 35.8. The molecule has 17 heteroatoms. The van der Waals surface area contributed by atoms with Crippen molar-refractivity contribution in [2.24, 2.45) is 0 Å². The summed E-state index contributed by atoms with van der Waals surface area (Å²) in [6.07, 6.45) is 23.0. The molecule has 714 valence electrons. The van der Waals surface area contributed by atoms with Gasteiger partial charge in [0.15, 0.2) is 0 Å². The molecule has 0 spiro atoms. The molecule has 0 saturated carbocycles. The van der Waals surface area contributed by atoms with Crippen LogP contribution in [0.1, 0.15) is 66.8 Å². The first-order valence-electron chi connectivity index (χ1n) is 47.4. The van der Waals surface area contributed by atoms with Gasteiger partial charge in [-0.05, 0) is 292 Å².